The Morgan fingerprint density at radius 2 is 2.04 bits per heavy atom. The van der Waals surface area contributed by atoms with E-state index in [9.17, 15) is 27.6 Å². The lowest BCUT2D eigenvalue weighted by atomic mass is 10.2. The molecular formula is C14H15F3N4O5S. The minimum atomic E-state index is -4.75. The number of amides is 1. The minimum absolute atomic E-state index is 0.0418. The number of fused-ring (bicyclic) bond motifs is 1. The molecule has 0 spiro atoms. The first-order valence-corrected chi connectivity index (χ1v) is 8.23. The first-order chi connectivity index (χ1) is 12.6. The Labute approximate surface area is 153 Å². The number of carbonyl (C=O) groups is 1. The summed E-state index contributed by atoms with van der Waals surface area (Å²) in [5.74, 6) is 0. The Bertz CT molecular complexity index is 1010. The van der Waals surface area contributed by atoms with Crippen molar-refractivity contribution in [3.05, 3.63) is 31.3 Å². The lowest BCUT2D eigenvalue weighted by molar-refractivity contribution is -0.141. The van der Waals surface area contributed by atoms with Gasteiger partial charge in [-0.25, -0.2) is 15.0 Å². The van der Waals surface area contributed by atoms with Crippen LogP contribution < -0.4 is 16.7 Å². The molecule has 0 aliphatic carbocycles. The van der Waals surface area contributed by atoms with Crippen LogP contribution in [-0.4, -0.2) is 46.4 Å². The molecule has 0 atom stereocenters. The van der Waals surface area contributed by atoms with Crippen LogP contribution in [0.4, 0.5) is 18.0 Å². The molecule has 13 heteroatoms. The molecule has 0 aliphatic rings. The van der Waals surface area contributed by atoms with Crippen molar-refractivity contribution in [2.75, 3.05) is 13.7 Å². The van der Waals surface area contributed by atoms with Crippen LogP contribution in [0.2, 0.25) is 0 Å². The van der Waals surface area contributed by atoms with Crippen molar-refractivity contribution < 1.29 is 27.8 Å². The number of nitrogens with zero attached hydrogens (tertiary/aromatic N) is 3. The molecule has 0 saturated heterocycles. The Morgan fingerprint density at radius 3 is 2.59 bits per heavy atom. The van der Waals surface area contributed by atoms with E-state index >= 15 is 0 Å². The molecule has 0 aromatic carbocycles. The Balaban J connectivity index is 2.75. The maximum absolute atomic E-state index is 12.8. The molecule has 0 radical (unpaired) electrons. The SMILES string of the molecule is COCCn1c(=O)n(CC(F)(F)F)c(=O)c2c(C)c(C=NNC(=O)O)sc21. The van der Waals surface area contributed by atoms with Gasteiger partial charge in [-0.1, -0.05) is 0 Å². The van der Waals surface area contributed by atoms with Crippen LogP contribution in [0.5, 0.6) is 0 Å². The minimum Gasteiger partial charge on any atom is -0.464 e. The normalized spacial score (nSPS) is 12.2. The zero-order valence-corrected chi connectivity index (χ0v) is 15.0. The fourth-order valence-corrected chi connectivity index (χ4v) is 3.57. The van der Waals surface area contributed by atoms with Gasteiger partial charge in [-0.3, -0.25) is 13.9 Å². The number of hydrogen-bond acceptors (Lipinski definition) is 6. The molecule has 0 fully saturated rings. The highest BCUT2D eigenvalue weighted by Gasteiger charge is 2.31. The van der Waals surface area contributed by atoms with E-state index in [1.165, 1.54) is 14.0 Å². The molecule has 0 saturated carbocycles. The topological polar surface area (TPSA) is 115 Å². The number of ether oxygens (including phenoxy) is 1. The zero-order chi connectivity index (χ0) is 20.4. The standard InChI is InChI=1S/C14H15F3N4O5S/c1-7-8(5-18-19-12(23)24)27-11-9(7)10(22)21(6-14(15,16)17)13(25)20(11)3-4-26-2/h5,19H,3-4,6H2,1-2H3,(H,23,24). The number of carboxylic acid groups (broad SMARTS) is 1. The number of hydrogen-bond donors (Lipinski definition) is 2. The van der Waals surface area contributed by atoms with Gasteiger partial charge < -0.3 is 9.84 Å². The largest absolute Gasteiger partial charge is 0.464 e. The van der Waals surface area contributed by atoms with Crippen LogP contribution in [0.3, 0.4) is 0 Å². The van der Waals surface area contributed by atoms with E-state index in [0.717, 1.165) is 22.1 Å². The van der Waals surface area contributed by atoms with Crippen LogP contribution in [0.15, 0.2) is 14.7 Å². The summed E-state index contributed by atoms with van der Waals surface area (Å²) in [5, 5.41) is 11.9. The van der Waals surface area contributed by atoms with Gasteiger partial charge in [-0.15, -0.1) is 11.3 Å². The van der Waals surface area contributed by atoms with Gasteiger partial charge in [0.15, 0.2) is 0 Å². The van der Waals surface area contributed by atoms with E-state index in [2.05, 4.69) is 5.10 Å². The van der Waals surface area contributed by atoms with Crippen LogP contribution in [0.1, 0.15) is 10.4 Å². The molecular weight excluding hydrogens is 393 g/mol. The van der Waals surface area contributed by atoms with Gasteiger partial charge in [0.1, 0.15) is 11.4 Å². The lowest BCUT2D eigenvalue weighted by Gasteiger charge is -2.13. The second-order valence-electron chi connectivity index (χ2n) is 5.38. The molecule has 2 rings (SSSR count). The average Bonchev–Trinajstić information content (AvgIpc) is 2.87. The predicted molar refractivity (Wildman–Crippen MR) is 91.8 cm³/mol. The first-order valence-electron chi connectivity index (χ1n) is 7.41. The van der Waals surface area contributed by atoms with E-state index in [1.54, 1.807) is 5.43 Å². The predicted octanol–water partition coefficient (Wildman–Crippen LogP) is 1.34. The monoisotopic (exact) mass is 408 g/mol. The highest BCUT2D eigenvalue weighted by atomic mass is 32.1. The van der Waals surface area contributed by atoms with E-state index in [-0.39, 0.29) is 33.5 Å². The van der Waals surface area contributed by atoms with E-state index in [1.807, 2.05) is 0 Å². The smallest absolute Gasteiger partial charge is 0.425 e. The third-order valence-corrected chi connectivity index (χ3v) is 4.78. The van der Waals surface area contributed by atoms with Gasteiger partial charge in [0, 0.05) is 7.11 Å². The van der Waals surface area contributed by atoms with Crippen molar-refractivity contribution in [2.24, 2.45) is 5.10 Å². The van der Waals surface area contributed by atoms with Gasteiger partial charge in [0.2, 0.25) is 0 Å². The Morgan fingerprint density at radius 1 is 1.37 bits per heavy atom. The van der Waals surface area contributed by atoms with Gasteiger partial charge in [0.05, 0.1) is 29.6 Å². The highest BCUT2D eigenvalue weighted by Crippen LogP contribution is 2.27. The molecule has 0 unspecified atom stereocenters. The second kappa shape index (κ2) is 7.92. The molecule has 27 heavy (non-hydrogen) atoms. The summed E-state index contributed by atoms with van der Waals surface area (Å²) >= 11 is 0.938. The van der Waals surface area contributed by atoms with Gasteiger partial charge in [0.25, 0.3) is 5.56 Å². The number of nitrogens with one attached hydrogen (secondary N) is 1. The third-order valence-electron chi connectivity index (χ3n) is 3.53. The fourth-order valence-electron chi connectivity index (χ4n) is 2.38. The van der Waals surface area contributed by atoms with Crippen molar-refractivity contribution >= 4 is 33.9 Å². The summed E-state index contributed by atoms with van der Waals surface area (Å²) < 4.78 is 44.5. The van der Waals surface area contributed by atoms with Crippen LogP contribution >= 0.6 is 11.3 Å². The molecule has 0 bridgehead atoms. The maximum atomic E-state index is 12.8. The number of halogens is 3. The summed E-state index contributed by atoms with van der Waals surface area (Å²) in [6.45, 7) is -0.258. The molecule has 2 N–H and O–H groups in total. The van der Waals surface area contributed by atoms with Crippen molar-refractivity contribution in [1.82, 2.24) is 14.6 Å². The van der Waals surface area contributed by atoms with Crippen molar-refractivity contribution in [1.29, 1.82) is 0 Å². The van der Waals surface area contributed by atoms with Gasteiger partial charge in [-0.05, 0) is 12.5 Å². The molecule has 2 aromatic heterocycles. The number of alkyl halides is 3. The molecule has 9 nitrogen and oxygen atoms in total. The van der Waals surface area contributed by atoms with E-state index in [0.29, 0.717) is 4.88 Å². The second-order valence-corrected chi connectivity index (χ2v) is 6.41. The quantitative estimate of drug-likeness (QED) is 0.553. The van der Waals surface area contributed by atoms with Crippen LogP contribution in [0.25, 0.3) is 10.2 Å². The number of thiophene rings is 1. The fraction of sp³-hybridized carbons (Fsp3) is 0.429. The van der Waals surface area contributed by atoms with Crippen molar-refractivity contribution in [3.8, 4) is 0 Å². The molecule has 0 aliphatic heterocycles. The van der Waals surface area contributed by atoms with Crippen molar-refractivity contribution in [3.63, 3.8) is 0 Å². The van der Waals surface area contributed by atoms with Crippen LogP contribution in [-0.2, 0) is 17.8 Å². The van der Waals surface area contributed by atoms with E-state index < -0.39 is 30.1 Å². The molecule has 1 amide bonds. The highest BCUT2D eigenvalue weighted by molar-refractivity contribution is 7.20. The molecule has 2 heterocycles. The number of aromatic nitrogens is 2. The van der Waals surface area contributed by atoms with E-state index in [4.69, 9.17) is 9.84 Å². The average molecular weight is 408 g/mol. The lowest BCUT2D eigenvalue weighted by Crippen LogP contribution is -2.43. The summed E-state index contributed by atoms with van der Waals surface area (Å²) in [6, 6.07) is 0. The maximum Gasteiger partial charge on any atom is 0.425 e. The molecule has 2 aromatic rings. The first kappa shape index (κ1) is 20.6. The number of rotatable bonds is 6. The number of aryl methyl sites for hydroxylation is 1. The number of methoxy groups -OCH3 is 1. The van der Waals surface area contributed by atoms with Gasteiger partial charge in [-0.2, -0.15) is 18.3 Å². The Hall–Kier alpha value is -2.67. The summed E-state index contributed by atoms with van der Waals surface area (Å²) in [5.41, 5.74) is -0.126. The summed E-state index contributed by atoms with van der Waals surface area (Å²) in [6.07, 6.45) is -5.04. The zero-order valence-electron chi connectivity index (χ0n) is 14.2. The number of hydrazone groups is 1. The van der Waals surface area contributed by atoms with Crippen molar-refractivity contribution in [2.45, 2.75) is 26.2 Å². The Kier molecular flexibility index (Phi) is 6.05. The van der Waals surface area contributed by atoms with Gasteiger partial charge >= 0.3 is 18.0 Å². The summed E-state index contributed by atoms with van der Waals surface area (Å²) in [4.78, 5) is 35.9. The molecule has 148 valence electrons. The summed E-state index contributed by atoms with van der Waals surface area (Å²) in [7, 11) is 1.36. The third kappa shape index (κ3) is 4.54. The van der Waals surface area contributed by atoms with Crippen LogP contribution in [0, 0.1) is 6.92 Å².